The zero-order chi connectivity index (χ0) is 23.0. The molecule has 0 spiro atoms. The summed E-state index contributed by atoms with van der Waals surface area (Å²) >= 11 is 0. The van der Waals surface area contributed by atoms with Crippen LogP contribution < -0.4 is 14.8 Å². The molecule has 33 heavy (non-hydrogen) atoms. The van der Waals surface area contributed by atoms with Gasteiger partial charge in [-0.2, -0.15) is 0 Å². The molecule has 4 rings (SSSR count). The molecule has 1 amide bonds. The van der Waals surface area contributed by atoms with Gasteiger partial charge in [-0.25, -0.2) is 0 Å². The van der Waals surface area contributed by atoms with Gasteiger partial charge in [0.05, 0.1) is 20.8 Å². The second-order valence-electron chi connectivity index (χ2n) is 8.07. The molecule has 2 aromatic heterocycles. The summed E-state index contributed by atoms with van der Waals surface area (Å²) in [5.74, 6) is 3.33. The number of carbonyl (C=O) groups excluding carboxylic acids is 1. The number of aryl methyl sites for hydroxylation is 1. The third kappa shape index (κ3) is 6.07. The SMILES string of the molecule is COc1cc(CN2CCc3nnc(CNC(=O)CCc4cccnc4)n3CC2)cc(OC)c1. The van der Waals surface area contributed by atoms with E-state index >= 15 is 0 Å². The van der Waals surface area contributed by atoms with E-state index in [2.05, 4.69) is 30.0 Å². The van der Waals surface area contributed by atoms with Crippen molar-refractivity contribution in [3.8, 4) is 11.5 Å². The highest BCUT2D eigenvalue weighted by atomic mass is 16.5. The van der Waals surface area contributed by atoms with Crippen molar-refractivity contribution >= 4 is 5.91 Å². The van der Waals surface area contributed by atoms with Crippen LogP contribution in [0.15, 0.2) is 42.7 Å². The first-order valence-corrected chi connectivity index (χ1v) is 11.2. The molecule has 0 aliphatic carbocycles. The van der Waals surface area contributed by atoms with Crippen molar-refractivity contribution < 1.29 is 14.3 Å². The number of carbonyl (C=O) groups is 1. The lowest BCUT2D eigenvalue weighted by Gasteiger charge is -2.20. The molecule has 1 aliphatic heterocycles. The van der Waals surface area contributed by atoms with Crippen LogP contribution in [0, 0.1) is 0 Å². The van der Waals surface area contributed by atoms with E-state index in [9.17, 15) is 4.79 Å². The van der Waals surface area contributed by atoms with Gasteiger partial charge in [0.1, 0.15) is 17.3 Å². The molecule has 3 heterocycles. The van der Waals surface area contributed by atoms with Crippen LogP contribution in [-0.2, 0) is 37.3 Å². The lowest BCUT2D eigenvalue weighted by Crippen LogP contribution is -2.28. The number of hydrogen-bond donors (Lipinski definition) is 1. The van der Waals surface area contributed by atoms with Gasteiger partial charge in [-0.05, 0) is 35.7 Å². The molecule has 0 fully saturated rings. The number of amides is 1. The van der Waals surface area contributed by atoms with Crippen LogP contribution in [0.2, 0.25) is 0 Å². The van der Waals surface area contributed by atoms with Crippen LogP contribution in [0.25, 0.3) is 0 Å². The van der Waals surface area contributed by atoms with E-state index in [1.54, 1.807) is 26.6 Å². The van der Waals surface area contributed by atoms with Crippen LogP contribution in [0.1, 0.15) is 29.2 Å². The van der Waals surface area contributed by atoms with E-state index in [0.717, 1.165) is 66.9 Å². The summed E-state index contributed by atoms with van der Waals surface area (Å²) in [5, 5.41) is 11.7. The number of fused-ring (bicyclic) bond motifs is 1. The Bertz CT molecular complexity index is 1050. The maximum absolute atomic E-state index is 12.3. The summed E-state index contributed by atoms with van der Waals surface area (Å²) in [6.45, 7) is 3.71. The third-order valence-corrected chi connectivity index (χ3v) is 5.82. The average molecular weight is 451 g/mol. The van der Waals surface area contributed by atoms with Crippen LogP contribution in [0.3, 0.4) is 0 Å². The van der Waals surface area contributed by atoms with E-state index in [1.165, 1.54) is 0 Å². The number of methoxy groups -OCH3 is 2. The Morgan fingerprint density at radius 1 is 1.06 bits per heavy atom. The van der Waals surface area contributed by atoms with Crippen molar-refractivity contribution in [2.24, 2.45) is 0 Å². The predicted molar refractivity (Wildman–Crippen MR) is 123 cm³/mol. The second-order valence-corrected chi connectivity index (χ2v) is 8.07. The molecule has 1 N–H and O–H groups in total. The van der Waals surface area contributed by atoms with E-state index in [4.69, 9.17) is 9.47 Å². The Hall–Kier alpha value is -3.46. The van der Waals surface area contributed by atoms with Gasteiger partial charge >= 0.3 is 0 Å². The van der Waals surface area contributed by atoms with Gasteiger partial charge in [-0.15, -0.1) is 10.2 Å². The molecule has 9 heteroatoms. The zero-order valence-electron chi connectivity index (χ0n) is 19.2. The number of hydrogen-bond acceptors (Lipinski definition) is 7. The second kappa shape index (κ2) is 10.9. The highest BCUT2D eigenvalue weighted by molar-refractivity contribution is 5.76. The summed E-state index contributed by atoms with van der Waals surface area (Å²) in [6.07, 6.45) is 5.42. The zero-order valence-corrected chi connectivity index (χ0v) is 19.2. The third-order valence-electron chi connectivity index (χ3n) is 5.82. The minimum absolute atomic E-state index is 0.00146. The minimum Gasteiger partial charge on any atom is -0.497 e. The maximum Gasteiger partial charge on any atom is 0.220 e. The Morgan fingerprint density at radius 2 is 1.88 bits per heavy atom. The molecule has 0 unspecified atom stereocenters. The van der Waals surface area contributed by atoms with Crippen molar-refractivity contribution in [1.82, 2.24) is 30.0 Å². The molecular weight excluding hydrogens is 420 g/mol. The van der Waals surface area contributed by atoms with Crippen LogP contribution in [0.4, 0.5) is 0 Å². The Morgan fingerprint density at radius 3 is 2.61 bits per heavy atom. The van der Waals surface area contributed by atoms with Gasteiger partial charge in [0.15, 0.2) is 5.82 Å². The number of ether oxygens (including phenoxy) is 2. The molecule has 0 atom stereocenters. The molecule has 9 nitrogen and oxygen atoms in total. The van der Waals surface area contributed by atoms with E-state index < -0.39 is 0 Å². The van der Waals surface area contributed by atoms with Crippen LogP contribution in [0.5, 0.6) is 11.5 Å². The number of aromatic nitrogens is 4. The molecule has 0 bridgehead atoms. The fourth-order valence-corrected chi connectivity index (χ4v) is 4.00. The van der Waals surface area contributed by atoms with Crippen molar-refractivity contribution in [2.45, 2.75) is 38.9 Å². The lowest BCUT2D eigenvalue weighted by molar-refractivity contribution is -0.121. The van der Waals surface area contributed by atoms with Gasteiger partial charge in [-0.1, -0.05) is 6.07 Å². The molecular formula is C24H30N6O3. The predicted octanol–water partition coefficient (Wildman–Crippen LogP) is 2.00. The molecule has 174 valence electrons. The topological polar surface area (TPSA) is 94.4 Å². The summed E-state index contributed by atoms with van der Waals surface area (Å²) in [7, 11) is 3.32. The normalized spacial score (nSPS) is 13.8. The summed E-state index contributed by atoms with van der Waals surface area (Å²) in [5.41, 5.74) is 2.20. The smallest absolute Gasteiger partial charge is 0.220 e. The number of pyridine rings is 1. The fraction of sp³-hybridized carbons (Fsp3) is 0.417. The first-order chi connectivity index (χ1) is 16.1. The largest absolute Gasteiger partial charge is 0.497 e. The van der Waals surface area contributed by atoms with Crippen molar-refractivity contribution in [3.63, 3.8) is 0 Å². The van der Waals surface area contributed by atoms with Gasteiger partial charge < -0.3 is 19.4 Å². The number of nitrogens with one attached hydrogen (secondary N) is 1. The molecule has 0 saturated carbocycles. The average Bonchev–Trinajstić information content (AvgIpc) is 3.13. The van der Waals surface area contributed by atoms with Gasteiger partial charge in [0, 0.05) is 57.5 Å². The van der Waals surface area contributed by atoms with Crippen molar-refractivity contribution in [3.05, 3.63) is 65.5 Å². The first-order valence-electron chi connectivity index (χ1n) is 11.2. The highest BCUT2D eigenvalue weighted by Crippen LogP contribution is 2.24. The number of nitrogens with zero attached hydrogens (tertiary/aromatic N) is 5. The lowest BCUT2D eigenvalue weighted by atomic mass is 10.1. The number of benzene rings is 1. The standard InChI is InChI=1S/C24H30N6O3/c1-32-20-12-19(13-21(14-20)33-2)17-29-9-7-22-27-28-23(30(22)11-10-29)16-26-24(31)6-5-18-4-3-8-25-15-18/h3-4,8,12-15H,5-7,9-11,16-17H2,1-2H3,(H,26,31). The first kappa shape index (κ1) is 22.7. The molecule has 3 aromatic rings. The van der Waals surface area contributed by atoms with E-state index in [-0.39, 0.29) is 5.91 Å². The van der Waals surface area contributed by atoms with Gasteiger partial charge in [0.2, 0.25) is 5.91 Å². The van der Waals surface area contributed by atoms with Crippen LogP contribution in [-0.4, -0.2) is 57.9 Å². The molecule has 1 aromatic carbocycles. The van der Waals surface area contributed by atoms with Crippen molar-refractivity contribution in [1.29, 1.82) is 0 Å². The fourth-order valence-electron chi connectivity index (χ4n) is 4.00. The Kier molecular flexibility index (Phi) is 7.51. The Balaban J connectivity index is 1.31. The minimum atomic E-state index is -0.00146. The maximum atomic E-state index is 12.3. The quantitative estimate of drug-likeness (QED) is 0.533. The summed E-state index contributed by atoms with van der Waals surface area (Å²) < 4.78 is 12.9. The van der Waals surface area contributed by atoms with Gasteiger partial charge in [0.25, 0.3) is 0 Å². The molecule has 0 radical (unpaired) electrons. The van der Waals surface area contributed by atoms with Crippen molar-refractivity contribution in [2.75, 3.05) is 27.3 Å². The molecule has 0 saturated heterocycles. The summed E-state index contributed by atoms with van der Waals surface area (Å²) in [4.78, 5) is 18.8. The number of rotatable bonds is 9. The monoisotopic (exact) mass is 450 g/mol. The summed E-state index contributed by atoms with van der Waals surface area (Å²) in [6, 6.07) is 9.82. The van der Waals surface area contributed by atoms with Gasteiger partial charge in [-0.3, -0.25) is 14.7 Å². The Labute approximate surface area is 193 Å². The molecule has 1 aliphatic rings. The van der Waals surface area contributed by atoms with E-state index in [0.29, 0.717) is 19.4 Å². The highest BCUT2D eigenvalue weighted by Gasteiger charge is 2.19. The van der Waals surface area contributed by atoms with Crippen LogP contribution >= 0.6 is 0 Å². The van der Waals surface area contributed by atoms with E-state index in [1.807, 2.05) is 30.3 Å².